The Hall–Kier alpha value is 0.180. The minimum absolute atomic E-state index is 0.150. The van der Waals surface area contributed by atoms with Crippen LogP contribution in [0, 0.1) is 0 Å². The normalized spacial score (nSPS) is 27.2. The number of rotatable bonds is 5. The first kappa shape index (κ1) is 14.6. The highest BCUT2D eigenvalue weighted by molar-refractivity contribution is 7.99. The first-order valence-corrected chi connectivity index (χ1v) is 9.47. The Morgan fingerprint density at radius 3 is 2.78 bits per heavy atom. The smallest absolute Gasteiger partial charge is 0.213 e. The Morgan fingerprint density at radius 1 is 1.33 bits per heavy atom. The number of piperazine rings is 1. The van der Waals surface area contributed by atoms with E-state index in [1.54, 1.807) is 0 Å². The molecule has 1 atom stereocenters. The van der Waals surface area contributed by atoms with Crippen LogP contribution in [0.4, 0.5) is 0 Å². The average Bonchev–Trinajstić information content (AvgIpc) is 2.38. The Labute approximate surface area is 114 Å². The summed E-state index contributed by atoms with van der Waals surface area (Å²) in [5.41, 5.74) is 0. The lowest BCUT2D eigenvalue weighted by Crippen LogP contribution is -2.47. The predicted molar refractivity (Wildman–Crippen MR) is 76.6 cm³/mol. The van der Waals surface area contributed by atoms with Gasteiger partial charge in [0.25, 0.3) is 0 Å². The molecule has 0 amide bonds. The van der Waals surface area contributed by atoms with E-state index in [-0.39, 0.29) is 11.8 Å². The van der Waals surface area contributed by atoms with Gasteiger partial charge in [0.05, 0.1) is 5.75 Å². The van der Waals surface area contributed by atoms with Gasteiger partial charge in [0, 0.05) is 44.5 Å². The van der Waals surface area contributed by atoms with Crippen molar-refractivity contribution in [1.29, 1.82) is 0 Å². The molecule has 2 aliphatic heterocycles. The summed E-state index contributed by atoms with van der Waals surface area (Å²) in [4.78, 5) is 2.21. The molecule has 0 aromatic rings. The van der Waals surface area contributed by atoms with Gasteiger partial charge in [-0.25, -0.2) is 13.1 Å². The van der Waals surface area contributed by atoms with E-state index in [2.05, 4.69) is 14.9 Å². The highest BCUT2D eigenvalue weighted by Crippen LogP contribution is 2.17. The molecular formula is C11H23N3O2S2. The second-order valence-corrected chi connectivity index (χ2v) is 7.97. The molecule has 5 nitrogen and oxygen atoms in total. The van der Waals surface area contributed by atoms with Crippen molar-refractivity contribution in [3.8, 4) is 0 Å². The maximum absolute atomic E-state index is 12.0. The van der Waals surface area contributed by atoms with Gasteiger partial charge in [0.1, 0.15) is 0 Å². The number of nitrogens with one attached hydrogen (secondary N) is 2. The summed E-state index contributed by atoms with van der Waals surface area (Å²) < 4.78 is 26.8. The van der Waals surface area contributed by atoms with Crippen molar-refractivity contribution >= 4 is 21.8 Å². The molecule has 2 N–H and O–H groups in total. The van der Waals surface area contributed by atoms with Crippen LogP contribution in [0.15, 0.2) is 0 Å². The van der Waals surface area contributed by atoms with Gasteiger partial charge in [-0.2, -0.15) is 11.8 Å². The number of thioether (sulfide) groups is 1. The van der Waals surface area contributed by atoms with Gasteiger partial charge >= 0.3 is 0 Å². The Balaban J connectivity index is 1.72. The lowest BCUT2D eigenvalue weighted by molar-refractivity contribution is 0.253. The fourth-order valence-corrected chi connectivity index (χ4v) is 4.83. The second kappa shape index (κ2) is 7.09. The van der Waals surface area contributed by atoms with Crippen molar-refractivity contribution in [3.63, 3.8) is 0 Å². The summed E-state index contributed by atoms with van der Waals surface area (Å²) in [5, 5.41) is 3.27. The van der Waals surface area contributed by atoms with Crippen LogP contribution < -0.4 is 10.0 Å². The van der Waals surface area contributed by atoms with E-state index in [9.17, 15) is 8.42 Å². The van der Waals surface area contributed by atoms with Crippen LogP contribution in [0.3, 0.4) is 0 Å². The zero-order valence-corrected chi connectivity index (χ0v) is 12.4. The van der Waals surface area contributed by atoms with Crippen LogP contribution in [0.25, 0.3) is 0 Å². The second-order valence-electron chi connectivity index (χ2n) is 4.94. The van der Waals surface area contributed by atoms with Crippen molar-refractivity contribution in [1.82, 2.24) is 14.9 Å². The lowest BCUT2D eigenvalue weighted by atomic mass is 10.2. The Kier molecular flexibility index (Phi) is 5.75. The predicted octanol–water partition coefficient (Wildman–Crippen LogP) is -0.293. The van der Waals surface area contributed by atoms with E-state index in [0.717, 1.165) is 44.8 Å². The van der Waals surface area contributed by atoms with Gasteiger partial charge in [-0.15, -0.1) is 0 Å². The van der Waals surface area contributed by atoms with Crippen LogP contribution in [0.5, 0.6) is 0 Å². The van der Waals surface area contributed by atoms with Gasteiger partial charge in [0.15, 0.2) is 0 Å². The van der Waals surface area contributed by atoms with Crippen molar-refractivity contribution in [2.75, 3.05) is 50.0 Å². The van der Waals surface area contributed by atoms with E-state index in [4.69, 9.17) is 0 Å². The summed E-state index contributed by atoms with van der Waals surface area (Å²) in [7, 11) is -3.11. The number of hydrogen-bond acceptors (Lipinski definition) is 5. The lowest BCUT2D eigenvalue weighted by Gasteiger charge is -2.27. The van der Waals surface area contributed by atoms with Crippen molar-refractivity contribution in [3.05, 3.63) is 0 Å². The molecule has 0 aliphatic carbocycles. The Bertz CT molecular complexity index is 336. The largest absolute Gasteiger partial charge is 0.314 e. The molecule has 2 fully saturated rings. The molecule has 1 unspecified atom stereocenters. The fraction of sp³-hybridized carbons (Fsp3) is 1.00. The average molecular weight is 293 g/mol. The summed E-state index contributed by atoms with van der Waals surface area (Å²) in [5.74, 6) is 2.32. The van der Waals surface area contributed by atoms with E-state index in [1.165, 1.54) is 5.75 Å². The molecule has 0 radical (unpaired) electrons. The molecule has 2 aliphatic rings. The quantitative estimate of drug-likeness (QED) is 0.729. The van der Waals surface area contributed by atoms with Crippen molar-refractivity contribution in [2.45, 2.75) is 18.9 Å². The van der Waals surface area contributed by atoms with Crippen LogP contribution >= 0.6 is 11.8 Å². The maximum Gasteiger partial charge on any atom is 0.213 e. The van der Waals surface area contributed by atoms with Gasteiger partial charge in [-0.3, -0.25) is 4.90 Å². The minimum atomic E-state index is -3.11. The van der Waals surface area contributed by atoms with Crippen LogP contribution in [-0.4, -0.2) is 69.3 Å². The molecule has 2 heterocycles. The minimum Gasteiger partial charge on any atom is -0.314 e. The van der Waals surface area contributed by atoms with Crippen LogP contribution in [-0.2, 0) is 10.0 Å². The summed E-state index contributed by atoms with van der Waals surface area (Å²) >= 11 is 1.84. The van der Waals surface area contributed by atoms with Gasteiger partial charge in [-0.1, -0.05) is 0 Å². The highest BCUT2D eigenvalue weighted by Gasteiger charge is 2.21. The zero-order valence-electron chi connectivity index (χ0n) is 10.7. The Morgan fingerprint density at radius 2 is 2.11 bits per heavy atom. The number of sulfonamides is 1. The summed E-state index contributed by atoms with van der Waals surface area (Å²) in [6.07, 6.45) is 2.11. The van der Waals surface area contributed by atoms with Gasteiger partial charge in [-0.05, 0) is 18.6 Å². The van der Waals surface area contributed by atoms with Gasteiger partial charge < -0.3 is 5.32 Å². The monoisotopic (exact) mass is 293 g/mol. The molecule has 2 rings (SSSR count). The molecule has 2 saturated heterocycles. The third-order valence-corrected chi connectivity index (χ3v) is 6.02. The van der Waals surface area contributed by atoms with Crippen LogP contribution in [0.2, 0.25) is 0 Å². The summed E-state index contributed by atoms with van der Waals surface area (Å²) in [6, 6.07) is 0.150. The number of nitrogens with zero attached hydrogens (tertiary/aromatic N) is 1. The van der Waals surface area contributed by atoms with E-state index < -0.39 is 10.0 Å². The van der Waals surface area contributed by atoms with Crippen molar-refractivity contribution < 1.29 is 8.42 Å². The van der Waals surface area contributed by atoms with E-state index in [0.29, 0.717) is 6.54 Å². The topological polar surface area (TPSA) is 61.4 Å². The molecule has 0 aromatic heterocycles. The number of hydrogen-bond donors (Lipinski definition) is 2. The molecule has 0 bridgehead atoms. The third kappa shape index (κ3) is 5.05. The molecule has 0 saturated carbocycles. The molecule has 7 heteroatoms. The first-order chi connectivity index (χ1) is 8.66. The van der Waals surface area contributed by atoms with Crippen LogP contribution in [0.1, 0.15) is 12.8 Å². The summed E-state index contributed by atoms with van der Waals surface area (Å²) in [6.45, 7) is 4.49. The molecule has 106 valence electrons. The van der Waals surface area contributed by atoms with E-state index in [1.807, 2.05) is 11.8 Å². The molecule has 18 heavy (non-hydrogen) atoms. The molecule has 0 spiro atoms. The fourth-order valence-electron chi connectivity index (χ4n) is 2.33. The maximum atomic E-state index is 12.0. The zero-order chi connectivity index (χ0) is 12.8. The van der Waals surface area contributed by atoms with E-state index >= 15 is 0 Å². The SMILES string of the molecule is O=S(=O)(CCN1CCNCC1)NC1CCCSC1. The molecule has 0 aromatic carbocycles. The van der Waals surface area contributed by atoms with Gasteiger partial charge in [0.2, 0.25) is 10.0 Å². The van der Waals surface area contributed by atoms with Crippen molar-refractivity contribution in [2.24, 2.45) is 0 Å². The third-order valence-electron chi connectivity index (χ3n) is 3.39. The highest BCUT2D eigenvalue weighted by atomic mass is 32.2. The first-order valence-electron chi connectivity index (χ1n) is 6.66. The standard InChI is InChI=1S/C11H23N3O2S2/c15-18(16,13-11-2-1-8-17-10-11)9-7-14-5-3-12-4-6-14/h11-13H,1-10H2. The molecular weight excluding hydrogens is 270 g/mol.